The summed E-state index contributed by atoms with van der Waals surface area (Å²) in [5, 5.41) is 6.18. The smallest absolute Gasteiger partial charge is 0.325 e. The lowest BCUT2D eigenvalue weighted by Crippen LogP contribution is -2.36. The molecule has 0 bridgehead atoms. The zero-order chi connectivity index (χ0) is 8.36. The summed E-state index contributed by atoms with van der Waals surface area (Å²) in [5.41, 5.74) is 4.74. The molecule has 7 heteroatoms. The zero-order valence-corrected chi connectivity index (χ0v) is 5.71. The monoisotopic (exact) mass is 169 g/mol. The van der Waals surface area contributed by atoms with Crippen molar-refractivity contribution in [1.29, 1.82) is 0 Å². The van der Waals surface area contributed by atoms with Gasteiger partial charge in [-0.05, 0) is 0 Å². The molecule has 0 aliphatic rings. The summed E-state index contributed by atoms with van der Waals surface area (Å²) in [7, 11) is -4.54. The summed E-state index contributed by atoms with van der Waals surface area (Å²) >= 11 is 0. The second-order valence-electron chi connectivity index (χ2n) is 1.58. The number of carboxylic acids is 1. The minimum atomic E-state index is -4.54. The normalized spacial score (nSPS) is 14.6. The number of hydrogen-bond donors (Lipinski definition) is 3. The van der Waals surface area contributed by atoms with Gasteiger partial charge in [0.05, 0.1) is 0 Å². The Morgan fingerprint density at radius 3 is 2.00 bits per heavy atom. The van der Waals surface area contributed by atoms with Crippen LogP contribution in [0.3, 0.4) is 0 Å². The molecule has 0 fully saturated rings. The number of carboxylic acid groups (broad SMARTS) is 1. The van der Waals surface area contributed by atoms with Crippen LogP contribution in [-0.2, 0) is 14.9 Å². The molecule has 10 heavy (non-hydrogen) atoms. The fraction of sp³-hybridized carbons (Fsp3) is 0.667. The van der Waals surface area contributed by atoms with Crippen molar-refractivity contribution in [3.63, 3.8) is 0 Å². The van der Waals surface area contributed by atoms with Gasteiger partial charge in [0.2, 0.25) is 0 Å². The third kappa shape index (κ3) is 2.29. The predicted molar refractivity (Wildman–Crippen MR) is 32.0 cm³/mol. The molecule has 0 aliphatic carbocycles. The molecule has 6 nitrogen and oxygen atoms in total. The first-order chi connectivity index (χ1) is 4.39. The van der Waals surface area contributed by atoms with Gasteiger partial charge in [-0.15, -0.1) is 0 Å². The lowest BCUT2D eigenvalue weighted by Gasteiger charge is -2.03. The minimum absolute atomic E-state index is 0.631. The Morgan fingerprint density at radius 2 is 2.00 bits per heavy atom. The number of hydrogen-bond acceptors (Lipinski definition) is 4. The van der Waals surface area contributed by atoms with E-state index in [1.165, 1.54) is 0 Å². The highest BCUT2D eigenvalue weighted by Crippen LogP contribution is 1.95. The van der Waals surface area contributed by atoms with E-state index >= 15 is 0 Å². The van der Waals surface area contributed by atoms with Crippen LogP contribution in [-0.4, -0.2) is 35.8 Å². The maximum Gasteiger partial charge on any atom is 0.325 e. The van der Waals surface area contributed by atoms with Crippen molar-refractivity contribution < 1.29 is 22.9 Å². The third-order valence-electron chi connectivity index (χ3n) is 0.849. The molecule has 0 aromatic rings. The van der Waals surface area contributed by atoms with Crippen molar-refractivity contribution in [2.75, 3.05) is 6.54 Å². The molecule has 0 aromatic heterocycles. The van der Waals surface area contributed by atoms with Gasteiger partial charge in [-0.1, -0.05) is 0 Å². The molecule has 4 N–H and O–H groups in total. The molecule has 0 aliphatic heterocycles. The standard InChI is InChI=1S/C3H7NO5S/c4-1-2(3(5)6)10(7,8)9/h2H,1,4H2,(H,5,6)(H,7,8,9). The van der Waals surface area contributed by atoms with E-state index in [2.05, 4.69) is 0 Å². The van der Waals surface area contributed by atoms with E-state index in [9.17, 15) is 13.2 Å². The van der Waals surface area contributed by atoms with Crippen LogP contribution in [0.1, 0.15) is 0 Å². The van der Waals surface area contributed by atoms with Gasteiger partial charge < -0.3 is 10.8 Å². The molecule has 0 aromatic carbocycles. The Bertz CT molecular complexity index is 219. The van der Waals surface area contributed by atoms with Gasteiger partial charge >= 0.3 is 5.97 Å². The number of carbonyl (C=O) groups is 1. The summed E-state index contributed by atoms with van der Waals surface area (Å²) in [4.78, 5) is 9.96. The molecule has 0 heterocycles. The van der Waals surface area contributed by atoms with Crippen LogP contribution >= 0.6 is 0 Å². The van der Waals surface area contributed by atoms with Crippen LogP contribution in [0.25, 0.3) is 0 Å². The summed E-state index contributed by atoms with van der Waals surface area (Å²) in [6.07, 6.45) is 0. The van der Waals surface area contributed by atoms with E-state index in [1.807, 2.05) is 0 Å². The summed E-state index contributed by atoms with van der Waals surface area (Å²) in [6, 6.07) is 0. The fourth-order valence-electron chi connectivity index (χ4n) is 0.350. The third-order valence-corrected chi connectivity index (χ3v) is 1.96. The average molecular weight is 169 g/mol. The first-order valence-electron chi connectivity index (χ1n) is 2.28. The van der Waals surface area contributed by atoms with Crippen molar-refractivity contribution >= 4 is 16.1 Å². The zero-order valence-electron chi connectivity index (χ0n) is 4.89. The lowest BCUT2D eigenvalue weighted by atomic mass is 10.4. The van der Waals surface area contributed by atoms with Crippen LogP contribution in [0.15, 0.2) is 0 Å². The van der Waals surface area contributed by atoms with Crippen LogP contribution in [0.4, 0.5) is 0 Å². The van der Waals surface area contributed by atoms with Crippen molar-refractivity contribution in [3.05, 3.63) is 0 Å². The van der Waals surface area contributed by atoms with Crippen molar-refractivity contribution in [1.82, 2.24) is 0 Å². The van der Waals surface area contributed by atoms with Crippen molar-refractivity contribution in [2.45, 2.75) is 5.25 Å². The van der Waals surface area contributed by atoms with E-state index in [0.717, 1.165) is 0 Å². The fourth-order valence-corrected chi connectivity index (χ4v) is 0.848. The van der Waals surface area contributed by atoms with Crippen LogP contribution in [0.2, 0.25) is 0 Å². The van der Waals surface area contributed by atoms with Crippen LogP contribution in [0, 0.1) is 0 Å². The number of rotatable bonds is 3. The summed E-state index contributed by atoms with van der Waals surface area (Å²) < 4.78 is 28.4. The number of aliphatic carboxylic acids is 1. The highest BCUT2D eigenvalue weighted by atomic mass is 32.2. The largest absolute Gasteiger partial charge is 0.480 e. The van der Waals surface area contributed by atoms with Gasteiger partial charge in [0.25, 0.3) is 10.1 Å². The van der Waals surface area contributed by atoms with Crippen molar-refractivity contribution in [3.8, 4) is 0 Å². The molecule has 60 valence electrons. The van der Waals surface area contributed by atoms with E-state index in [1.54, 1.807) is 0 Å². The van der Waals surface area contributed by atoms with Gasteiger partial charge in [-0.2, -0.15) is 8.42 Å². The summed E-state index contributed by atoms with van der Waals surface area (Å²) in [5.74, 6) is -1.65. The molecule has 0 spiro atoms. The van der Waals surface area contributed by atoms with E-state index in [0.29, 0.717) is 0 Å². The first kappa shape index (κ1) is 9.34. The highest BCUT2D eigenvalue weighted by Gasteiger charge is 2.28. The second-order valence-corrected chi connectivity index (χ2v) is 3.18. The molecular formula is C3H7NO5S. The molecule has 0 saturated heterocycles. The van der Waals surface area contributed by atoms with Gasteiger partial charge in [0, 0.05) is 6.54 Å². The second kappa shape index (κ2) is 2.95. The topological polar surface area (TPSA) is 118 Å². The lowest BCUT2D eigenvalue weighted by molar-refractivity contribution is -0.136. The van der Waals surface area contributed by atoms with Gasteiger partial charge in [-0.25, -0.2) is 0 Å². The average Bonchev–Trinajstić information content (AvgIpc) is 1.60. The van der Waals surface area contributed by atoms with Crippen LogP contribution in [0.5, 0.6) is 0 Å². The van der Waals surface area contributed by atoms with Crippen LogP contribution < -0.4 is 5.73 Å². The van der Waals surface area contributed by atoms with E-state index < -0.39 is 27.9 Å². The van der Waals surface area contributed by atoms with Gasteiger partial charge in [0.15, 0.2) is 5.25 Å². The Kier molecular flexibility index (Phi) is 2.76. The molecule has 0 rings (SSSR count). The maximum absolute atomic E-state index is 10.1. The quantitative estimate of drug-likeness (QED) is 0.433. The Hall–Kier alpha value is -0.660. The first-order valence-corrected chi connectivity index (χ1v) is 3.79. The molecule has 0 amide bonds. The summed E-state index contributed by atoms with van der Waals surface area (Å²) in [6.45, 7) is -0.631. The Balaban J connectivity index is 4.55. The molecule has 1 atom stereocenters. The molecular weight excluding hydrogens is 162 g/mol. The minimum Gasteiger partial charge on any atom is -0.480 e. The Labute approximate surface area is 57.4 Å². The maximum atomic E-state index is 10.1. The molecule has 1 unspecified atom stereocenters. The number of nitrogens with two attached hydrogens (primary N) is 1. The van der Waals surface area contributed by atoms with E-state index in [-0.39, 0.29) is 0 Å². The SMILES string of the molecule is NCC(C(=O)O)S(=O)(=O)O. The molecule has 0 radical (unpaired) electrons. The Morgan fingerprint density at radius 1 is 1.60 bits per heavy atom. The predicted octanol–water partition coefficient (Wildman–Crippen LogP) is -1.71. The molecule has 0 saturated carbocycles. The van der Waals surface area contributed by atoms with Gasteiger partial charge in [0.1, 0.15) is 0 Å². The van der Waals surface area contributed by atoms with Crippen molar-refractivity contribution in [2.24, 2.45) is 5.73 Å². The highest BCUT2D eigenvalue weighted by molar-refractivity contribution is 7.87. The van der Waals surface area contributed by atoms with Gasteiger partial charge in [-0.3, -0.25) is 9.35 Å². The van der Waals surface area contributed by atoms with E-state index in [4.69, 9.17) is 15.4 Å².